The number of rotatable bonds is 3. The van der Waals surface area contributed by atoms with Crippen molar-refractivity contribution >= 4 is 5.91 Å². The van der Waals surface area contributed by atoms with Crippen LogP contribution in [-0.2, 0) is 4.79 Å². The zero-order chi connectivity index (χ0) is 18.3. The summed E-state index contributed by atoms with van der Waals surface area (Å²) in [6, 6.07) is 0.761. The van der Waals surface area contributed by atoms with E-state index >= 15 is 0 Å². The number of hydrazine groups is 2. The number of carbonyl (C=O) groups is 1. The van der Waals surface area contributed by atoms with Crippen molar-refractivity contribution in [2.24, 2.45) is 11.7 Å². The predicted octanol–water partition coefficient (Wildman–Crippen LogP) is -2.58. The standard InChI is InChI=1S/C16H31FN8O/c1-9-3-5-24(22-9)12-2-4-19-7-11(12)21-16(26)13-14(18)23-25-8-10(17)6-20-15(13)25/h9-15,19-20,22-23H,2-8,18H2,1H3,(H,21,26). The molecular formula is C16H31FN8O. The summed E-state index contributed by atoms with van der Waals surface area (Å²) in [7, 11) is 0. The highest BCUT2D eigenvalue weighted by Crippen LogP contribution is 2.23. The number of piperidine rings is 1. The van der Waals surface area contributed by atoms with E-state index in [9.17, 15) is 9.18 Å². The van der Waals surface area contributed by atoms with Crippen molar-refractivity contribution < 1.29 is 9.18 Å². The molecule has 26 heavy (non-hydrogen) atoms. The smallest absolute Gasteiger partial charge is 0.229 e. The highest BCUT2D eigenvalue weighted by atomic mass is 19.1. The minimum Gasteiger partial charge on any atom is -0.350 e. The van der Waals surface area contributed by atoms with Gasteiger partial charge in [0.1, 0.15) is 6.17 Å². The molecule has 4 saturated heterocycles. The third kappa shape index (κ3) is 3.59. The van der Waals surface area contributed by atoms with Crippen LogP contribution in [0.25, 0.3) is 0 Å². The first-order valence-corrected chi connectivity index (χ1v) is 9.72. The fraction of sp³-hybridized carbons (Fsp3) is 0.938. The number of hydrogen-bond donors (Lipinski definition) is 6. The average Bonchev–Trinajstić information content (AvgIpc) is 3.17. The van der Waals surface area contributed by atoms with Crippen molar-refractivity contribution in [3.63, 3.8) is 0 Å². The molecule has 10 heteroatoms. The lowest BCUT2D eigenvalue weighted by molar-refractivity contribution is -0.128. The van der Waals surface area contributed by atoms with E-state index in [0.717, 1.165) is 32.5 Å². The Balaban J connectivity index is 1.41. The molecule has 0 aromatic carbocycles. The number of nitrogens with two attached hydrogens (primary N) is 1. The van der Waals surface area contributed by atoms with Crippen molar-refractivity contribution in [3.8, 4) is 0 Å². The lowest BCUT2D eigenvalue weighted by Crippen LogP contribution is -2.64. The molecule has 0 aromatic heterocycles. The van der Waals surface area contributed by atoms with E-state index in [-0.39, 0.29) is 37.2 Å². The van der Waals surface area contributed by atoms with Gasteiger partial charge in [0.2, 0.25) is 5.91 Å². The average molecular weight is 370 g/mol. The molecule has 0 aliphatic carbocycles. The van der Waals surface area contributed by atoms with Gasteiger partial charge in [-0.2, -0.15) is 0 Å². The number of fused-ring (bicyclic) bond motifs is 1. The number of halogens is 1. The second-order valence-electron chi connectivity index (χ2n) is 7.97. The molecule has 9 nitrogen and oxygen atoms in total. The summed E-state index contributed by atoms with van der Waals surface area (Å²) < 4.78 is 13.6. The van der Waals surface area contributed by atoms with Crippen molar-refractivity contribution in [3.05, 3.63) is 0 Å². The third-order valence-electron chi connectivity index (χ3n) is 5.99. The van der Waals surface area contributed by atoms with Gasteiger partial charge in [-0.15, -0.1) is 0 Å². The van der Waals surface area contributed by atoms with Gasteiger partial charge in [-0.1, -0.05) is 0 Å². The molecule has 0 radical (unpaired) electrons. The normalized spacial score (nSPS) is 44.8. The number of carbonyl (C=O) groups excluding carboxylic acids is 1. The van der Waals surface area contributed by atoms with Gasteiger partial charge in [0, 0.05) is 38.3 Å². The van der Waals surface area contributed by atoms with Gasteiger partial charge in [0.05, 0.1) is 24.3 Å². The van der Waals surface area contributed by atoms with Crippen molar-refractivity contribution in [1.29, 1.82) is 0 Å². The minimum atomic E-state index is -0.956. The second kappa shape index (κ2) is 7.63. The molecule has 7 N–H and O–H groups in total. The molecule has 4 aliphatic heterocycles. The van der Waals surface area contributed by atoms with Gasteiger partial charge < -0.3 is 16.4 Å². The number of amides is 1. The maximum absolute atomic E-state index is 13.6. The SMILES string of the molecule is CC1CCN(C2CCNCC2NC(=O)C2C(N)NN3CC(F)CNC23)N1. The maximum atomic E-state index is 13.6. The van der Waals surface area contributed by atoms with Crippen LogP contribution in [0.3, 0.4) is 0 Å². The molecule has 4 rings (SSSR count). The summed E-state index contributed by atoms with van der Waals surface area (Å²) in [4.78, 5) is 13.0. The molecule has 4 fully saturated rings. The lowest BCUT2D eigenvalue weighted by Gasteiger charge is -2.39. The van der Waals surface area contributed by atoms with E-state index in [4.69, 9.17) is 5.73 Å². The zero-order valence-electron chi connectivity index (χ0n) is 15.2. The maximum Gasteiger partial charge on any atom is 0.229 e. The van der Waals surface area contributed by atoms with Gasteiger partial charge in [0.25, 0.3) is 0 Å². The van der Waals surface area contributed by atoms with E-state index in [1.54, 1.807) is 5.01 Å². The first-order valence-electron chi connectivity index (χ1n) is 9.72. The van der Waals surface area contributed by atoms with Crippen LogP contribution >= 0.6 is 0 Å². The van der Waals surface area contributed by atoms with Crippen LogP contribution in [0.2, 0.25) is 0 Å². The first kappa shape index (κ1) is 18.5. The summed E-state index contributed by atoms with van der Waals surface area (Å²) in [5.41, 5.74) is 12.7. The van der Waals surface area contributed by atoms with Crippen LogP contribution in [0.15, 0.2) is 0 Å². The fourth-order valence-electron chi connectivity index (χ4n) is 4.63. The largest absolute Gasteiger partial charge is 0.350 e. The summed E-state index contributed by atoms with van der Waals surface area (Å²) in [5, 5.41) is 13.7. The zero-order valence-corrected chi connectivity index (χ0v) is 15.2. The van der Waals surface area contributed by atoms with Crippen LogP contribution in [-0.4, -0.2) is 85.3 Å². The molecule has 7 unspecified atom stereocenters. The van der Waals surface area contributed by atoms with Crippen molar-refractivity contribution in [2.45, 2.75) is 56.4 Å². The number of nitrogens with zero attached hydrogens (tertiary/aromatic N) is 2. The van der Waals surface area contributed by atoms with E-state index in [0.29, 0.717) is 6.04 Å². The third-order valence-corrected chi connectivity index (χ3v) is 5.99. The second-order valence-corrected chi connectivity index (χ2v) is 7.97. The minimum absolute atomic E-state index is 0.0211. The summed E-state index contributed by atoms with van der Waals surface area (Å²) in [6.45, 7) is 5.37. The van der Waals surface area contributed by atoms with Crippen LogP contribution in [0.5, 0.6) is 0 Å². The highest BCUT2D eigenvalue weighted by molar-refractivity contribution is 5.80. The van der Waals surface area contributed by atoms with Crippen LogP contribution in [0.1, 0.15) is 19.8 Å². The Labute approximate surface area is 153 Å². The van der Waals surface area contributed by atoms with Crippen LogP contribution in [0, 0.1) is 5.92 Å². The first-order chi connectivity index (χ1) is 12.5. The molecule has 4 heterocycles. The number of alkyl halides is 1. The van der Waals surface area contributed by atoms with Crippen LogP contribution in [0.4, 0.5) is 4.39 Å². The Kier molecular flexibility index (Phi) is 5.42. The topological polar surface area (TPSA) is 110 Å². The molecule has 0 bridgehead atoms. The fourth-order valence-corrected chi connectivity index (χ4v) is 4.63. The number of nitrogens with one attached hydrogen (secondary N) is 5. The van der Waals surface area contributed by atoms with E-state index in [1.807, 2.05) is 0 Å². The molecular weight excluding hydrogens is 339 g/mol. The van der Waals surface area contributed by atoms with Gasteiger partial charge in [-0.05, 0) is 26.3 Å². The van der Waals surface area contributed by atoms with Gasteiger partial charge in [-0.3, -0.25) is 15.5 Å². The van der Waals surface area contributed by atoms with Crippen molar-refractivity contribution in [2.75, 3.05) is 32.7 Å². The summed E-state index contributed by atoms with van der Waals surface area (Å²) >= 11 is 0. The monoisotopic (exact) mass is 370 g/mol. The molecule has 7 atom stereocenters. The highest BCUT2D eigenvalue weighted by Gasteiger charge is 2.47. The van der Waals surface area contributed by atoms with Crippen molar-refractivity contribution in [1.82, 2.24) is 36.8 Å². The van der Waals surface area contributed by atoms with E-state index in [1.165, 1.54) is 0 Å². The lowest BCUT2D eigenvalue weighted by atomic mass is 9.97. The van der Waals surface area contributed by atoms with E-state index < -0.39 is 18.3 Å². The molecule has 0 saturated carbocycles. The van der Waals surface area contributed by atoms with E-state index in [2.05, 4.69) is 38.7 Å². The Hall–Kier alpha value is -0.880. The van der Waals surface area contributed by atoms with Gasteiger partial charge in [0.15, 0.2) is 0 Å². The Morgan fingerprint density at radius 3 is 2.85 bits per heavy atom. The molecule has 4 aliphatic rings. The Morgan fingerprint density at radius 2 is 2.08 bits per heavy atom. The molecule has 0 spiro atoms. The molecule has 0 aromatic rings. The molecule has 1 amide bonds. The molecule has 148 valence electrons. The van der Waals surface area contributed by atoms with Crippen LogP contribution < -0.4 is 32.5 Å². The summed E-state index contributed by atoms with van der Waals surface area (Å²) in [6.07, 6.45) is 0.363. The Bertz CT molecular complexity index is 524. The Morgan fingerprint density at radius 1 is 1.23 bits per heavy atom. The number of hydrogen-bond acceptors (Lipinski definition) is 8. The summed E-state index contributed by atoms with van der Waals surface area (Å²) in [5.74, 6) is -0.524. The predicted molar refractivity (Wildman–Crippen MR) is 95.1 cm³/mol. The quantitative estimate of drug-likeness (QED) is 0.322. The van der Waals surface area contributed by atoms with Gasteiger partial charge in [-0.25, -0.2) is 19.8 Å². The van der Waals surface area contributed by atoms with Gasteiger partial charge >= 0.3 is 0 Å².